The Bertz CT molecular complexity index is 4070. The summed E-state index contributed by atoms with van der Waals surface area (Å²) in [5.41, 5.74) is 10.9. The highest BCUT2D eigenvalue weighted by Crippen LogP contribution is 2.38. The summed E-state index contributed by atoms with van der Waals surface area (Å²) in [7, 11) is -0.916. The second-order valence-corrected chi connectivity index (χ2v) is 28.3. The van der Waals surface area contributed by atoms with Gasteiger partial charge in [0.25, 0.3) is 5.91 Å². The second kappa shape index (κ2) is 29.9. The van der Waals surface area contributed by atoms with Crippen molar-refractivity contribution in [2.45, 2.75) is 143 Å². The average molecular weight is 1340 g/mol. The van der Waals surface area contributed by atoms with Gasteiger partial charge in [-0.3, -0.25) is 32.9 Å². The maximum atomic E-state index is 15.2. The number of aromatic nitrogens is 9. The van der Waals surface area contributed by atoms with E-state index in [-0.39, 0.29) is 116 Å². The van der Waals surface area contributed by atoms with Crippen LogP contribution in [0.2, 0.25) is 0 Å². The number of hydrogen-bond acceptors (Lipinski definition) is 15. The van der Waals surface area contributed by atoms with E-state index in [9.17, 15) is 37.2 Å². The van der Waals surface area contributed by atoms with Crippen LogP contribution in [-0.4, -0.2) is 166 Å². The lowest BCUT2D eigenvalue weighted by Crippen LogP contribution is -2.36. The fourth-order valence-electron chi connectivity index (χ4n) is 12.5. The molecule has 0 bridgehead atoms. The number of aryl methyl sites for hydroxylation is 4. The molecule has 6 atom stereocenters. The topological polar surface area (TPSA) is 326 Å². The maximum Gasteiger partial charge on any atom is 0.329 e. The predicted octanol–water partition coefficient (Wildman–Crippen LogP) is 4.82. The van der Waals surface area contributed by atoms with Crippen molar-refractivity contribution in [2.24, 2.45) is 5.73 Å². The second-order valence-electron chi connectivity index (χ2n) is 23.6. The van der Waals surface area contributed by atoms with Crippen molar-refractivity contribution in [2.75, 3.05) is 50.6 Å². The highest BCUT2D eigenvalue weighted by molar-refractivity contribution is 8.00. The van der Waals surface area contributed by atoms with Crippen LogP contribution in [0.15, 0.2) is 94.7 Å². The van der Waals surface area contributed by atoms with Crippen LogP contribution in [-0.2, 0) is 65.2 Å². The third-order valence-electron chi connectivity index (χ3n) is 17.3. The first-order valence-corrected chi connectivity index (χ1v) is 34.4. The number of unbranched alkanes of at least 4 members (excludes halogenated alkanes) is 2. The zero-order chi connectivity index (χ0) is 63.9. The van der Waals surface area contributed by atoms with Crippen LogP contribution in [0, 0.1) is 6.92 Å². The number of anilines is 1. The number of amides is 7. The van der Waals surface area contributed by atoms with Crippen molar-refractivity contribution in [3.05, 3.63) is 118 Å². The summed E-state index contributed by atoms with van der Waals surface area (Å²) in [4.78, 5) is 78.1. The number of imidazole rings is 1. The number of carbonyl (C=O) groups excluding carboxylic acids is 5. The van der Waals surface area contributed by atoms with E-state index in [1.54, 1.807) is 90.1 Å². The highest BCUT2D eigenvalue weighted by Gasteiger charge is 2.43. The fourth-order valence-corrected chi connectivity index (χ4v) is 16.5. The Balaban J connectivity index is 0.00000927. The molecule has 0 unspecified atom stereocenters. The number of rotatable bonds is 30. The number of allylic oxidation sites excluding steroid dienone is 1. The number of urea groups is 2. The minimum atomic E-state index is -3.82. The van der Waals surface area contributed by atoms with Crippen LogP contribution in [0.1, 0.15) is 78.8 Å². The van der Waals surface area contributed by atoms with Gasteiger partial charge in [0.15, 0.2) is 0 Å². The molecule has 4 aliphatic heterocycles. The average Bonchev–Trinajstić information content (AvgIpc) is 1.60. The Morgan fingerprint density at radius 2 is 1.30 bits per heavy atom. The van der Waals surface area contributed by atoms with Crippen LogP contribution < -0.4 is 48.6 Å². The van der Waals surface area contributed by atoms with Crippen LogP contribution >= 0.6 is 35.9 Å². The molecule has 4 aliphatic rings. The lowest BCUT2D eigenvalue weighted by atomic mass is 10.0. The molecule has 92 heavy (non-hydrogen) atoms. The first kappa shape index (κ1) is 67.1. The molecule has 4 saturated heterocycles. The monoisotopic (exact) mass is 1340 g/mol. The van der Waals surface area contributed by atoms with Crippen molar-refractivity contribution in [3.63, 3.8) is 0 Å². The smallest absolute Gasteiger partial charge is 0.329 e. The molecule has 8 heterocycles. The molecule has 26 nitrogen and oxygen atoms in total. The molecule has 3 aromatic carbocycles. The van der Waals surface area contributed by atoms with E-state index < -0.39 is 21.8 Å². The number of nitrogens with one attached hydrogen (secondary N) is 7. The first-order valence-electron chi connectivity index (χ1n) is 30.8. The van der Waals surface area contributed by atoms with E-state index in [1.165, 1.54) is 26.2 Å². The summed E-state index contributed by atoms with van der Waals surface area (Å²) in [6.45, 7) is 3.37. The molecule has 4 aromatic heterocycles. The zero-order valence-corrected chi connectivity index (χ0v) is 54.7. The number of hydrogen-bond donors (Lipinski definition) is 8. The van der Waals surface area contributed by atoms with Gasteiger partial charge >= 0.3 is 17.8 Å². The van der Waals surface area contributed by atoms with Gasteiger partial charge in [0.05, 0.1) is 71.1 Å². The Kier molecular flexibility index (Phi) is 21.8. The van der Waals surface area contributed by atoms with E-state index in [1.807, 2.05) is 30.4 Å². The quantitative estimate of drug-likeness (QED) is 0.0221. The molecule has 7 amide bonds. The SMILES string of the molecule is Cc1c(-c2cccc(S(=O)(=O)N(C)C)c2)c2cc(C(=O)Nc3ccc4c(c3)n(CCn3cc(CCNC(=O)CCCC[C@@H]5SC[C@@H]6NC(=O)N[C@@H]65)nn3)c(=O)n4CCn3cc(CCNC(=O)CCCC[C@@H]4SC[C@@H]5NC(=O)N[C@@H]54)nn3)ccc2n1C/C(F)=C/CN.Cl. The van der Waals surface area contributed by atoms with Gasteiger partial charge in [-0.15, -0.1) is 22.6 Å². The van der Waals surface area contributed by atoms with Gasteiger partial charge in [-0.05, 0) is 92.8 Å². The largest absolute Gasteiger partial charge is 0.356 e. The number of sulfonamides is 1. The number of thioether (sulfide) groups is 2. The van der Waals surface area contributed by atoms with Crippen molar-refractivity contribution in [1.82, 2.24) is 79.9 Å². The Hall–Kier alpha value is -7.77. The Labute approximate surface area is 546 Å². The first-order chi connectivity index (χ1) is 43.9. The molecular weight excluding hydrogens is 1260 g/mol. The molecule has 11 rings (SSSR count). The molecule has 7 aromatic rings. The van der Waals surface area contributed by atoms with E-state index in [4.69, 9.17) is 5.73 Å². The molecule has 492 valence electrons. The third-order valence-corrected chi connectivity index (χ3v) is 22.1. The summed E-state index contributed by atoms with van der Waals surface area (Å²) in [5, 5.41) is 39.6. The normalized spacial score (nSPS) is 19.4. The van der Waals surface area contributed by atoms with Crippen LogP contribution in [0.4, 0.5) is 19.7 Å². The van der Waals surface area contributed by atoms with Gasteiger partial charge in [0.1, 0.15) is 5.83 Å². The maximum absolute atomic E-state index is 15.2. The molecule has 0 spiro atoms. The van der Waals surface area contributed by atoms with E-state index >= 15 is 4.39 Å². The van der Waals surface area contributed by atoms with E-state index in [2.05, 4.69) is 57.8 Å². The van der Waals surface area contributed by atoms with Gasteiger partial charge in [0, 0.05) is 140 Å². The Morgan fingerprint density at radius 1 is 0.728 bits per heavy atom. The molecular formula is C61H78ClFN18O8S3. The van der Waals surface area contributed by atoms with Crippen molar-refractivity contribution in [3.8, 4) is 11.1 Å². The summed E-state index contributed by atoms with van der Waals surface area (Å²) in [6, 6.07) is 17.2. The number of nitrogens with two attached hydrogens (primary N) is 1. The van der Waals surface area contributed by atoms with Gasteiger partial charge in [0.2, 0.25) is 21.8 Å². The summed E-state index contributed by atoms with van der Waals surface area (Å²) >= 11 is 3.72. The van der Waals surface area contributed by atoms with Gasteiger partial charge in [-0.1, -0.05) is 35.4 Å². The predicted molar refractivity (Wildman–Crippen MR) is 354 cm³/mol. The van der Waals surface area contributed by atoms with Gasteiger partial charge in [-0.25, -0.2) is 31.5 Å². The number of carbonyl (C=O) groups is 5. The van der Waals surface area contributed by atoms with E-state index in [0.717, 1.165) is 54.3 Å². The third kappa shape index (κ3) is 15.5. The Morgan fingerprint density at radius 3 is 1.88 bits per heavy atom. The minimum absolute atomic E-state index is 0. The number of benzene rings is 3. The van der Waals surface area contributed by atoms with Gasteiger partial charge < -0.3 is 47.5 Å². The highest BCUT2D eigenvalue weighted by atomic mass is 35.5. The number of halogens is 2. The van der Waals surface area contributed by atoms with Crippen molar-refractivity contribution < 1.29 is 36.8 Å². The molecule has 0 aliphatic carbocycles. The van der Waals surface area contributed by atoms with Gasteiger partial charge in [-0.2, -0.15) is 23.5 Å². The fraction of sp³-hybridized carbons (Fsp3) is 0.475. The van der Waals surface area contributed by atoms with Crippen molar-refractivity contribution >= 4 is 103 Å². The summed E-state index contributed by atoms with van der Waals surface area (Å²) < 4.78 is 51.3. The lowest BCUT2D eigenvalue weighted by Gasteiger charge is -2.16. The number of fused-ring (bicyclic) bond motifs is 4. The van der Waals surface area contributed by atoms with Crippen LogP contribution in [0.25, 0.3) is 33.1 Å². The lowest BCUT2D eigenvalue weighted by molar-refractivity contribution is -0.122. The zero-order valence-electron chi connectivity index (χ0n) is 51.4. The molecule has 9 N–H and O–H groups in total. The molecule has 31 heteroatoms. The summed E-state index contributed by atoms with van der Waals surface area (Å²) in [5.74, 6) is 0.781. The molecule has 4 fully saturated rings. The van der Waals surface area contributed by atoms with E-state index in [0.29, 0.717) is 105 Å². The minimum Gasteiger partial charge on any atom is -0.356 e. The van der Waals surface area contributed by atoms with Crippen LogP contribution in [0.3, 0.4) is 0 Å². The molecule has 0 radical (unpaired) electrons. The number of nitrogens with zero attached hydrogens (tertiary/aromatic N) is 10. The van der Waals surface area contributed by atoms with Crippen LogP contribution in [0.5, 0.6) is 0 Å². The standard InChI is InChI=1S/C61H77FN18O8S3.ClH/c1-37-55(38-9-8-10-44(29-38)91(87,88)75(2)3)45-30-39(15-17-48(45)80(37)32-40(62)19-22-63)58(83)66-41-16-18-49-50(31-41)79(28-26-77-34-43(72-74-77)21-24-65-54(82)14-7-5-12-52-57-47(36-90-52)68-60(85)70-57)61(86)78(49)27-25-76-33-42(71-73-76)20-23-64-53(81)13-6-4-11-51-56-46(35-89-51)67-59(84)69-56;/h8-10,15-19,29-31,33-34,46-47,51-52,56-57H,4-7,11-14,20-28,32,35-36,63H2,1-3H3,(H,64,81)(H,65,82)(H,66,83)(H2,67,69,84)(H2,68,70,85);1H/b40-19-;/t46-,47-,51-,52-,56-,57-;/m0./s1. The van der Waals surface area contributed by atoms with Crippen molar-refractivity contribution in [1.29, 1.82) is 0 Å². The summed E-state index contributed by atoms with van der Waals surface area (Å²) in [6.07, 6.45) is 11.7. The molecule has 0 saturated carbocycles.